The van der Waals surface area contributed by atoms with Crippen LogP contribution in [0.4, 0.5) is 10.1 Å². The van der Waals surface area contributed by atoms with E-state index in [1.807, 2.05) is 18.2 Å². The number of anilines is 1. The molecule has 4 N–H and O–H groups in total. The third kappa shape index (κ3) is 3.93. The third-order valence-corrected chi connectivity index (χ3v) is 5.41. The number of amides is 1. The van der Waals surface area contributed by atoms with Crippen LogP contribution in [0, 0.1) is 0 Å². The van der Waals surface area contributed by atoms with Gasteiger partial charge in [-0.05, 0) is 25.0 Å². The maximum atomic E-state index is 13.8. The molecule has 1 aliphatic rings. The second-order valence-corrected chi connectivity index (χ2v) is 7.34. The van der Waals surface area contributed by atoms with E-state index in [-0.39, 0.29) is 18.2 Å². The van der Waals surface area contributed by atoms with Gasteiger partial charge in [0.25, 0.3) is 5.91 Å². The first-order chi connectivity index (χ1) is 13.6. The third-order valence-electron chi connectivity index (χ3n) is 4.54. The average molecular weight is 402 g/mol. The van der Waals surface area contributed by atoms with Crippen LogP contribution < -0.4 is 11.1 Å². The summed E-state index contributed by atoms with van der Waals surface area (Å²) in [5.41, 5.74) is 7.84. The Morgan fingerprint density at radius 1 is 1.39 bits per heavy atom. The minimum absolute atomic E-state index is 0.0856. The number of pyridine rings is 1. The maximum absolute atomic E-state index is 13.8. The van der Waals surface area contributed by atoms with Crippen LogP contribution >= 0.6 is 11.3 Å². The van der Waals surface area contributed by atoms with E-state index in [9.17, 15) is 9.18 Å². The fourth-order valence-electron chi connectivity index (χ4n) is 2.98. The Hall–Kier alpha value is -2.69. The standard InChI is InChI=1S/C18H19FN6O2S/c19-10-8-27-15(5-4-11(10)20)16-13(7-22-25-16)23-17(26)14-9-28-18(24-14)12-3-1-2-6-21-12/h1-3,6-7,9-11,15H,4-5,8,20H2,(H,22,25)(H,23,26)/t10-,11-,15+/m0/s1. The summed E-state index contributed by atoms with van der Waals surface area (Å²) in [6, 6.07) is 4.97. The molecular weight excluding hydrogens is 383 g/mol. The SMILES string of the molecule is N[C@H]1CC[C@H](c2[nH]ncc2NC(=O)c2csc(-c3ccccn3)n2)OC[C@@H]1F. The summed E-state index contributed by atoms with van der Waals surface area (Å²) < 4.78 is 19.4. The van der Waals surface area contributed by atoms with Crippen LogP contribution in [-0.2, 0) is 4.74 Å². The first-order valence-electron chi connectivity index (χ1n) is 8.84. The number of nitrogens with two attached hydrogens (primary N) is 1. The average Bonchev–Trinajstić information content (AvgIpc) is 3.35. The number of halogens is 1. The predicted octanol–water partition coefficient (Wildman–Crippen LogP) is 2.70. The second kappa shape index (κ2) is 8.13. The molecule has 8 nitrogen and oxygen atoms in total. The fraction of sp³-hybridized carbons (Fsp3) is 0.333. The van der Waals surface area contributed by atoms with E-state index in [0.717, 1.165) is 0 Å². The van der Waals surface area contributed by atoms with Gasteiger partial charge in [-0.3, -0.25) is 14.9 Å². The minimum atomic E-state index is -1.20. The van der Waals surface area contributed by atoms with Crippen molar-refractivity contribution in [2.24, 2.45) is 5.73 Å². The van der Waals surface area contributed by atoms with Crippen molar-refractivity contribution in [3.8, 4) is 10.7 Å². The molecule has 0 radical (unpaired) electrons. The number of aromatic nitrogens is 4. The van der Waals surface area contributed by atoms with E-state index in [1.54, 1.807) is 11.6 Å². The van der Waals surface area contributed by atoms with Crippen LogP contribution in [0.1, 0.15) is 35.1 Å². The van der Waals surface area contributed by atoms with E-state index in [0.29, 0.717) is 34.9 Å². The number of alkyl halides is 1. The van der Waals surface area contributed by atoms with Gasteiger partial charge < -0.3 is 15.8 Å². The first-order valence-corrected chi connectivity index (χ1v) is 9.72. The van der Waals surface area contributed by atoms with E-state index in [1.165, 1.54) is 17.5 Å². The van der Waals surface area contributed by atoms with E-state index in [4.69, 9.17) is 10.5 Å². The quantitative estimate of drug-likeness (QED) is 0.617. The minimum Gasteiger partial charge on any atom is -0.369 e. The number of hydrogen-bond donors (Lipinski definition) is 3. The van der Waals surface area contributed by atoms with Crippen LogP contribution in [0.15, 0.2) is 36.0 Å². The van der Waals surface area contributed by atoms with Crippen molar-refractivity contribution in [3.05, 3.63) is 47.4 Å². The van der Waals surface area contributed by atoms with Gasteiger partial charge in [0.1, 0.15) is 23.0 Å². The molecule has 1 saturated heterocycles. The summed E-state index contributed by atoms with van der Waals surface area (Å²) in [6.07, 6.45) is 2.58. The lowest BCUT2D eigenvalue weighted by atomic mass is 10.0. The number of aromatic amines is 1. The van der Waals surface area contributed by atoms with Crippen LogP contribution in [0.2, 0.25) is 0 Å². The maximum Gasteiger partial charge on any atom is 0.275 e. The molecule has 3 atom stereocenters. The molecule has 4 rings (SSSR count). The van der Waals surface area contributed by atoms with E-state index >= 15 is 0 Å². The van der Waals surface area contributed by atoms with Gasteiger partial charge in [0.2, 0.25) is 0 Å². The largest absolute Gasteiger partial charge is 0.369 e. The van der Waals surface area contributed by atoms with Crippen molar-refractivity contribution < 1.29 is 13.9 Å². The van der Waals surface area contributed by atoms with Crippen molar-refractivity contribution in [3.63, 3.8) is 0 Å². The summed E-state index contributed by atoms with van der Waals surface area (Å²) in [5, 5.41) is 12.0. The van der Waals surface area contributed by atoms with Gasteiger partial charge in [0.15, 0.2) is 0 Å². The Kier molecular flexibility index (Phi) is 5.42. The molecule has 4 heterocycles. The Labute approximate surface area is 164 Å². The Morgan fingerprint density at radius 2 is 2.29 bits per heavy atom. The van der Waals surface area contributed by atoms with E-state index < -0.39 is 18.3 Å². The summed E-state index contributed by atoms with van der Waals surface area (Å²) in [5.74, 6) is -0.366. The first kappa shape index (κ1) is 18.7. The number of nitrogens with one attached hydrogen (secondary N) is 2. The monoisotopic (exact) mass is 402 g/mol. The highest BCUT2D eigenvalue weighted by atomic mass is 32.1. The molecule has 1 amide bonds. The summed E-state index contributed by atoms with van der Waals surface area (Å²) >= 11 is 1.34. The highest BCUT2D eigenvalue weighted by Crippen LogP contribution is 2.31. The molecule has 0 unspecified atom stereocenters. The highest BCUT2D eigenvalue weighted by Gasteiger charge is 2.28. The number of carbonyl (C=O) groups is 1. The zero-order valence-electron chi connectivity index (χ0n) is 14.8. The second-order valence-electron chi connectivity index (χ2n) is 6.48. The lowest BCUT2D eigenvalue weighted by Gasteiger charge is -2.15. The molecule has 28 heavy (non-hydrogen) atoms. The van der Waals surface area contributed by atoms with Gasteiger partial charge >= 0.3 is 0 Å². The van der Waals surface area contributed by atoms with Gasteiger partial charge in [0.05, 0.1) is 29.9 Å². The van der Waals surface area contributed by atoms with Gasteiger partial charge in [0, 0.05) is 17.6 Å². The van der Waals surface area contributed by atoms with Gasteiger partial charge in [-0.2, -0.15) is 5.10 Å². The Balaban J connectivity index is 1.48. The summed E-state index contributed by atoms with van der Waals surface area (Å²) in [6.45, 7) is -0.0856. The van der Waals surface area contributed by atoms with Gasteiger partial charge in [-0.15, -0.1) is 11.3 Å². The number of nitrogens with zero attached hydrogens (tertiary/aromatic N) is 3. The van der Waals surface area contributed by atoms with Crippen LogP contribution in [-0.4, -0.2) is 44.9 Å². The molecule has 0 aromatic carbocycles. The molecule has 1 fully saturated rings. The molecule has 1 aliphatic heterocycles. The molecule has 0 bridgehead atoms. The number of hydrogen-bond acceptors (Lipinski definition) is 7. The van der Waals surface area contributed by atoms with Crippen LogP contribution in [0.25, 0.3) is 10.7 Å². The number of ether oxygens (including phenoxy) is 1. The lowest BCUT2D eigenvalue weighted by molar-refractivity contribution is 0.0267. The van der Waals surface area contributed by atoms with Crippen molar-refractivity contribution in [2.45, 2.75) is 31.2 Å². The molecule has 10 heteroatoms. The van der Waals surface area contributed by atoms with Crippen LogP contribution in [0.5, 0.6) is 0 Å². The summed E-state index contributed by atoms with van der Waals surface area (Å²) in [7, 11) is 0. The zero-order valence-corrected chi connectivity index (χ0v) is 15.7. The Bertz CT molecular complexity index is 934. The lowest BCUT2D eigenvalue weighted by Crippen LogP contribution is -2.32. The molecule has 146 valence electrons. The highest BCUT2D eigenvalue weighted by molar-refractivity contribution is 7.13. The smallest absolute Gasteiger partial charge is 0.275 e. The van der Waals surface area contributed by atoms with Gasteiger partial charge in [-0.1, -0.05) is 6.07 Å². The summed E-state index contributed by atoms with van der Waals surface area (Å²) in [4.78, 5) is 21.2. The number of thiazole rings is 1. The normalized spacial score (nSPS) is 22.6. The molecule has 0 saturated carbocycles. The van der Waals surface area contributed by atoms with Crippen molar-refractivity contribution in [1.29, 1.82) is 0 Å². The van der Waals surface area contributed by atoms with E-state index in [2.05, 4.69) is 25.5 Å². The zero-order chi connectivity index (χ0) is 19.5. The molecule has 3 aromatic rings. The predicted molar refractivity (Wildman–Crippen MR) is 103 cm³/mol. The van der Waals surface area contributed by atoms with Crippen molar-refractivity contribution in [1.82, 2.24) is 20.2 Å². The molecule has 0 spiro atoms. The number of rotatable bonds is 4. The van der Waals surface area contributed by atoms with Crippen molar-refractivity contribution in [2.75, 3.05) is 11.9 Å². The number of H-pyrrole nitrogens is 1. The fourth-order valence-corrected chi connectivity index (χ4v) is 3.76. The van der Waals surface area contributed by atoms with Crippen molar-refractivity contribution >= 4 is 22.9 Å². The number of carbonyl (C=O) groups excluding carboxylic acids is 1. The molecular formula is C18H19FN6O2S. The topological polar surface area (TPSA) is 119 Å². The van der Waals surface area contributed by atoms with Gasteiger partial charge in [-0.25, -0.2) is 9.37 Å². The Morgan fingerprint density at radius 3 is 3.11 bits per heavy atom. The molecule has 3 aromatic heterocycles. The molecule has 0 aliphatic carbocycles. The van der Waals surface area contributed by atoms with Crippen LogP contribution in [0.3, 0.4) is 0 Å².